The third kappa shape index (κ3) is 6.38. The van der Waals surface area contributed by atoms with E-state index in [2.05, 4.69) is 4.18 Å². The van der Waals surface area contributed by atoms with Crippen molar-refractivity contribution in [2.24, 2.45) is 5.73 Å². The van der Waals surface area contributed by atoms with E-state index in [-0.39, 0.29) is 6.54 Å². The van der Waals surface area contributed by atoms with Crippen molar-refractivity contribution in [2.45, 2.75) is 6.18 Å². The monoisotopic (exact) mass is 207 g/mol. The number of halogens is 3. The Balaban J connectivity index is 3.94. The van der Waals surface area contributed by atoms with Crippen LogP contribution in [0.1, 0.15) is 0 Å². The van der Waals surface area contributed by atoms with Gasteiger partial charge in [0.15, 0.2) is 6.61 Å². The van der Waals surface area contributed by atoms with Crippen LogP contribution in [0.25, 0.3) is 0 Å². The van der Waals surface area contributed by atoms with E-state index in [9.17, 15) is 21.6 Å². The van der Waals surface area contributed by atoms with Crippen LogP contribution < -0.4 is 5.73 Å². The Morgan fingerprint density at radius 2 is 1.83 bits per heavy atom. The van der Waals surface area contributed by atoms with Gasteiger partial charge in [-0.2, -0.15) is 21.6 Å². The summed E-state index contributed by atoms with van der Waals surface area (Å²) in [7, 11) is -4.11. The molecule has 4 nitrogen and oxygen atoms in total. The van der Waals surface area contributed by atoms with Gasteiger partial charge in [-0.3, -0.25) is 4.18 Å². The fourth-order valence-corrected chi connectivity index (χ4v) is 1.08. The van der Waals surface area contributed by atoms with E-state index >= 15 is 0 Å². The van der Waals surface area contributed by atoms with Crippen LogP contribution in [0.4, 0.5) is 13.2 Å². The zero-order valence-electron chi connectivity index (χ0n) is 5.97. The second-order valence-corrected chi connectivity index (χ2v) is 3.69. The standard InChI is InChI=1S/C4H8F3NO3S/c5-4(6,7)3-11-12(9,10)2-1-8/h1-3,8H2. The van der Waals surface area contributed by atoms with Gasteiger partial charge in [-0.1, -0.05) is 0 Å². The zero-order chi connectivity index (χ0) is 9.83. The first kappa shape index (κ1) is 11.7. The molecular formula is C4H8F3NO3S. The molecule has 0 rings (SSSR count). The molecule has 0 spiro atoms. The molecule has 0 aromatic carbocycles. The lowest BCUT2D eigenvalue weighted by atomic mass is 10.7. The lowest BCUT2D eigenvalue weighted by Crippen LogP contribution is -2.24. The molecule has 0 aliphatic carbocycles. The summed E-state index contributed by atoms with van der Waals surface area (Å²) in [6, 6.07) is 0. The van der Waals surface area contributed by atoms with Crippen molar-refractivity contribution in [1.82, 2.24) is 0 Å². The van der Waals surface area contributed by atoms with Gasteiger partial charge in [-0.05, 0) is 0 Å². The van der Waals surface area contributed by atoms with Crippen LogP contribution in [0.3, 0.4) is 0 Å². The summed E-state index contributed by atoms with van der Waals surface area (Å²) < 4.78 is 58.8. The molecule has 0 aromatic heterocycles. The van der Waals surface area contributed by atoms with Crippen molar-refractivity contribution >= 4 is 10.1 Å². The lowest BCUT2D eigenvalue weighted by Gasteiger charge is -2.06. The molecule has 0 aromatic rings. The highest BCUT2D eigenvalue weighted by atomic mass is 32.2. The van der Waals surface area contributed by atoms with Gasteiger partial charge in [0.1, 0.15) is 0 Å². The highest BCUT2D eigenvalue weighted by Gasteiger charge is 2.30. The molecule has 0 radical (unpaired) electrons. The molecule has 0 unspecified atom stereocenters. The zero-order valence-corrected chi connectivity index (χ0v) is 6.78. The van der Waals surface area contributed by atoms with Crippen LogP contribution in [-0.2, 0) is 14.3 Å². The minimum atomic E-state index is -4.64. The first-order valence-corrected chi connectivity index (χ1v) is 4.48. The lowest BCUT2D eigenvalue weighted by molar-refractivity contribution is -0.152. The van der Waals surface area contributed by atoms with E-state index in [0.717, 1.165) is 0 Å². The summed E-state index contributed by atoms with van der Waals surface area (Å²) >= 11 is 0. The Morgan fingerprint density at radius 3 is 2.17 bits per heavy atom. The predicted octanol–water partition coefficient (Wildman–Crippen LogP) is -0.146. The van der Waals surface area contributed by atoms with Gasteiger partial charge in [0, 0.05) is 6.54 Å². The van der Waals surface area contributed by atoms with Gasteiger partial charge in [0.2, 0.25) is 0 Å². The summed E-state index contributed by atoms with van der Waals surface area (Å²) in [5.74, 6) is -0.608. The van der Waals surface area contributed by atoms with Gasteiger partial charge in [0.05, 0.1) is 5.75 Å². The van der Waals surface area contributed by atoms with E-state index < -0.39 is 28.7 Å². The summed E-state index contributed by atoms with van der Waals surface area (Å²) in [6.07, 6.45) is -4.64. The minimum Gasteiger partial charge on any atom is -0.329 e. The summed E-state index contributed by atoms with van der Waals surface area (Å²) in [4.78, 5) is 0. The highest BCUT2D eigenvalue weighted by Crippen LogP contribution is 2.15. The SMILES string of the molecule is NCCS(=O)(=O)OCC(F)(F)F. The molecule has 0 fully saturated rings. The van der Waals surface area contributed by atoms with Crippen LogP contribution in [0.5, 0.6) is 0 Å². The quantitative estimate of drug-likeness (QED) is 0.651. The van der Waals surface area contributed by atoms with E-state index in [1.807, 2.05) is 0 Å². The first-order chi connectivity index (χ1) is 5.27. The van der Waals surface area contributed by atoms with Crippen molar-refractivity contribution in [1.29, 1.82) is 0 Å². The second kappa shape index (κ2) is 4.06. The van der Waals surface area contributed by atoms with E-state index in [1.165, 1.54) is 0 Å². The average molecular weight is 207 g/mol. The average Bonchev–Trinajstić information content (AvgIpc) is 1.83. The first-order valence-electron chi connectivity index (χ1n) is 2.91. The van der Waals surface area contributed by atoms with Crippen LogP contribution in [0, 0.1) is 0 Å². The van der Waals surface area contributed by atoms with Crippen LogP contribution in [0.2, 0.25) is 0 Å². The molecule has 12 heavy (non-hydrogen) atoms. The Kier molecular flexibility index (Phi) is 3.94. The maximum atomic E-state index is 11.4. The van der Waals surface area contributed by atoms with Crippen molar-refractivity contribution in [2.75, 3.05) is 18.9 Å². The van der Waals surface area contributed by atoms with Gasteiger partial charge in [-0.25, -0.2) is 0 Å². The van der Waals surface area contributed by atoms with Crippen LogP contribution >= 0.6 is 0 Å². The van der Waals surface area contributed by atoms with Crippen molar-refractivity contribution in [3.8, 4) is 0 Å². The molecule has 8 heteroatoms. The molecule has 0 bridgehead atoms. The van der Waals surface area contributed by atoms with Gasteiger partial charge >= 0.3 is 6.18 Å². The fourth-order valence-electron chi connectivity index (χ4n) is 0.360. The van der Waals surface area contributed by atoms with E-state index in [0.29, 0.717) is 0 Å². The molecule has 0 aliphatic heterocycles. The molecule has 2 N–H and O–H groups in total. The molecule has 0 saturated heterocycles. The number of alkyl halides is 3. The number of hydrogen-bond donors (Lipinski definition) is 1. The number of nitrogens with two attached hydrogens (primary N) is 1. The Morgan fingerprint density at radius 1 is 1.33 bits per heavy atom. The number of rotatable bonds is 4. The molecule has 0 saturated carbocycles. The molecule has 0 heterocycles. The minimum absolute atomic E-state index is 0.264. The topological polar surface area (TPSA) is 69.4 Å². The Labute approximate surface area is 67.6 Å². The number of hydrogen-bond acceptors (Lipinski definition) is 4. The van der Waals surface area contributed by atoms with E-state index in [1.54, 1.807) is 0 Å². The third-order valence-electron chi connectivity index (χ3n) is 0.770. The van der Waals surface area contributed by atoms with Gasteiger partial charge < -0.3 is 5.73 Å². The Hall–Kier alpha value is -0.340. The van der Waals surface area contributed by atoms with Gasteiger partial charge in [0.25, 0.3) is 10.1 Å². The molecular weight excluding hydrogens is 199 g/mol. The maximum absolute atomic E-state index is 11.4. The normalized spacial score (nSPS) is 13.3. The molecule has 0 atom stereocenters. The highest BCUT2D eigenvalue weighted by molar-refractivity contribution is 7.86. The van der Waals surface area contributed by atoms with Crippen LogP contribution in [-0.4, -0.2) is 33.5 Å². The second-order valence-electron chi connectivity index (χ2n) is 1.93. The third-order valence-corrected chi connectivity index (χ3v) is 1.98. The maximum Gasteiger partial charge on any atom is 0.413 e. The fraction of sp³-hybridized carbons (Fsp3) is 1.00. The van der Waals surface area contributed by atoms with Crippen LogP contribution in [0.15, 0.2) is 0 Å². The molecule has 0 amide bonds. The van der Waals surface area contributed by atoms with Crippen molar-refractivity contribution in [3.63, 3.8) is 0 Å². The summed E-state index contributed by atoms with van der Waals surface area (Å²) in [6.45, 7) is -2.06. The largest absolute Gasteiger partial charge is 0.413 e. The van der Waals surface area contributed by atoms with Gasteiger partial charge in [-0.15, -0.1) is 0 Å². The van der Waals surface area contributed by atoms with E-state index in [4.69, 9.17) is 5.73 Å². The van der Waals surface area contributed by atoms with Crippen molar-refractivity contribution < 1.29 is 25.8 Å². The molecule has 74 valence electrons. The molecule has 0 aliphatic rings. The smallest absolute Gasteiger partial charge is 0.329 e. The Bertz CT molecular complexity index is 222. The van der Waals surface area contributed by atoms with Crippen molar-refractivity contribution in [3.05, 3.63) is 0 Å². The predicted molar refractivity (Wildman–Crippen MR) is 34.8 cm³/mol. The summed E-state index contributed by atoms with van der Waals surface area (Å²) in [5, 5.41) is 0. The summed E-state index contributed by atoms with van der Waals surface area (Å²) in [5.41, 5.74) is 4.81.